The summed E-state index contributed by atoms with van der Waals surface area (Å²) in [6.45, 7) is 0. The van der Waals surface area contributed by atoms with Crippen LogP contribution in [-0.2, 0) is 0 Å². The molecule has 0 unspecified atom stereocenters. The van der Waals surface area contributed by atoms with Gasteiger partial charge in [-0.15, -0.1) is 0 Å². The van der Waals surface area contributed by atoms with Crippen molar-refractivity contribution in [3.05, 3.63) is 24.4 Å². The van der Waals surface area contributed by atoms with Gasteiger partial charge in [0.25, 0.3) is 0 Å². The van der Waals surface area contributed by atoms with Gasteiger partial charge in [-0.25, -0.2) is 0 Å². The summed E-state index contributed by atoms with van der Waals surface area (Å²) in [5.41, 5.74) is 0. The number of aromatic hydroxyl groups is 1. The quantitative estimate of drug-likeness (QED) is 0.624. The van der Waals surface area contributed by atoms with Gasteiger partial charge in [0, 0.05) is 11.6 Å². The fraction of sp³-hybridized carbons (Fsp3) is 0. The molecule has 0 saturated carbocycles. The van der Waals surface area contributed by atoms with E-state index in [-0.39, 0.29) is 0 Å². The zero-order valence-electron chi connectivity index (χ0n) is 5.11. The molecule has 1 N–H and O–H groups in total. The normalized spacial score (nSPS) is 10.4. The van der Waals surface area contributed by atoms with Crippen molar-refractivity contribution in [3.8, 4) is 5.75 Å². The van der Waals surface area contributed by atoms with Crippen molar-refractivity contribution in [3.63, 3.8) is 0 Å². The van der Waals surface area contributed by atoms with Crippen LogP contribution >= 0.6 is 11.5 Å². The van der Waals surface area contributed by atoms with Crippen molar-refractivity contribution in [1.29, 1.82) is 0 Å². The predicted octanol–water partition coefficient (Wildman–Crippen LogP) is 2.00. The zero-order chi connectivity index (χ0) is 6.97. The molecule has 0 saturated heterocycles. The van der Waals surface area contributed by atoms with Crippen LogP contribution in [0.5, 0.6) is 5.75 Å². The molecule has 1 heterocycles. The second-order valence-electron chi connectivity index (χ2n) is 2.02. The summed E-state index contributed by atoms with van der Waals surface area (Å²) in [7, 11) is 0. The Balaban J connectivity index is 2.95. The molecular formula is C7H5NOS. The Kier molecular flexibility index (Phi) is 1.11. The highest BCUT2D eigenvalue weighted by atomic mass is 32.1. The van der Waals surface area contributed by atoms with Gasteiger partial charge < -0.3 is 5.11 Å². The van der Waals surface area contributed by atoms with Crippen LogP contribution in [0.2, 0.25) is 0 Å². The third-order valence-corrected chi connectivity index (χ3v) is 2.20. The molecule has 50 valence electrons. The summed E-state index contributed by atoms with van der Waals surface area (Å²) in [6.07, 6.45) is 1.75. The molecule has 0 aliphatic heterocycles. The molecule has 0 amide bonds. The van der Waals surface area contributed by atoms with Crippen LogP contribution in [0.25, 0.3) is 10.1 Å². The highest BCUT2D eigenvalue weighted by Gasteiger charge is 1.98. The Bertz CT molecular complexity index is 355. The number of fused-ring (bicyclic) bond motifs is 1. The van der Waals surface area contributed by atoms with E-state index < -0.39 is 0 Å². The minimum atomic E-state index is 0.319. The molecule has 2 rings (SSSR count). The van der Waals surface area contributed by atoms with E-state index >= 15 is 0 Å². The van der Waals surface area contributed by atoms with E-state index in [4.69, 9.17) is 0 Å². The molecule has 1 aromatic carbocycles. The third-order valence-electron chi connectivity index (χ3n) is 1.36. The molecule has 2 aromatic rings. The van der Waals surface area contributed by atoms with E-state index in [1.807, 2.05) is 12.1 Å². The summed E-state index contributed by atoms with van der Waals surface area (Å²) >= 11 is 1.31. The highest BCUT2D eigenvalue weighted by Crippen LogP contribution is 2.26. The number of aromatic nitrogens is 1. The van der Waals surface area contributed by atoms with Crippen molar-refractivity contribution in [2.75, 3.05) is 0 Å². The number of phenols is 1. The molecule has 0 aliphatic carbocycles. The van der Waals surface area contributed by atoms with Gasteiger partial charge in [-0.3, -0.25) is 0 Å². The van der Waals surface area contributed by atoms with E-state index in [0.717, 1.165) is 10.1 Å². The number of hydrogen-bond donors (Lipinski definition) is 1. The van der Waals surface area contributed by atoms with Crippen molar-refractivity contribution in [2.24, 2.45) is 0 Å². The molecule has 3 heteroatoms. The number of phenolic OH excluding ortho intramolecular Hbond substituents is 1. The van der Waals surface area contributed by atoms with Crippen molar-refractivity contribution < 1.29 is 5.11 Å². The zero-order valence-corrected chi connectivity index (χ0v) is 5.93. The lowest BCUT2D eigenvalue weighted by atomic mass is 10.3. The molecule has 0 atom stereocenters. The summed E-state index contributed by atoms with van der Waals surface area (Å²) in [5, 5.41) is 10.2. The Morgan fingerprint density at radius 3 is 3.10 bits per heavy atom. The SMILES string of the molecule is Oc1cccc2cnsc12. The first kappa shape index (κ1) is 5.68. The van der Waals surface area contributed by atoms with Crippen LogP contribution in [0, 0.1) is 0 Å². The van der Waals surface area contributed by atoms with Crippen LogP contribution in [0.15, 0.2) is 24.4 Å². The van der Waals surface area contributed by atoms with Gasteiger partial charge >= 0.3 is 0 Å². The van der Waals surface area contributed by atoms with Gasteiger partial charge in [0.05, 0.1) is 4.70 Å². The molecule has 10 heavy (non-hydrogen) atoms. The first-order valence-electron chi connectivity index (χ1n) is 2.90. The molecular weight excluding hydrogens is 146 g/mol. The van der Waals surface area contributed by atoms with E-state index in [2.05, 4.69) is 4.37 Å². The molecule has 0 bridgehead atoms. The number of rotatable bonds is 0. The summed E-state index contributed by atoms with van der Waals surface area (Å²) in [6, 6.07) is 5.41. The Hall–Kier alpha value is -1.09. The maximum absolute atomic E-state index is 9.23. The van der Waals surface area contributed by atoms with Gasteiger partial charge in [0.2, 0.25) is 0 Å². The van der Waals surface area contributed by atoms with Crippen molar-refractivity contribution >= 4 is 21.6 Å². The molecule has 0 spiro atoms. The van der Waals surface area contributed by atoms with E-state index in [1.165, 1.54) is 11.5 Å². The van der Waals surface area contributed by atoms with E-state index in [9.17, 15) is 5.11 Å². The van der Waals surface area contributed by atoms with Crippen LogP contribution in [0.1, 0.15) is 0 Å². The van der Waals surface area contributed by atoms with Gasteiger partial charge in [0.15, 0.2) is 0 Å². The van der Waals surface area contributed by atoms with E-state index in [1.54, 1.807) is 12.3 Å². The number of nitrogens with zero attached hydrogens (tertiary/aromatic N) is 1. The summed E-state index contributed by atoms with van der Waals surface area (Å²) in [5.74, 6) is 0.319. The van der Waals surface area contributed by atoms with Crippen molar-refractivity contribution in [1.82, 2.24) is 4.37 Å². The largest absolute Gasteiger partial charge is 0.506 e. The van der Waals surface area contributed by atoms with Crippen LogP contribution in [0.4, 0.5) is 0 Å². The number of benzene rings is 1. The third kappa shape index (κ3) is 0.675. The smallest absolute Gasteiger partial charge is 0.134 e. The molecule has 1 aromatic heterocycles. The molecule has 0 radical (unpaired) electrons. The minimum absolute atomic E-state index is 0.319. The number of hydrogen-bond acceptors (Lipinski definition) is 3. The predicted molar refractivity (Wildman–Crippen MR) is 41.3 cm³/mol. The Morgan fingerprint density at radius 2 is 2.30 bits per heavy atom. The van der Waals surface area contributed by atoms with Gasteiger partial charge in [-0.2, -0.15) is 4.37 Å². The molecule has 2 nitrogen and oxygen atoms in total. The van der Waals surface area contributed by atoms with Gasteiger partial charge in [-0.05, 0) is 17.6 Å². The Morgan fingerprint density at radius 1 is 1.40 bits per heavy atom. The van der Waals surface area contributed by atoms with E-state index in [0.29, 0.717) is 5.75 Å². The maximum Gasteiger partial charge on any atom is 0.134 e. The minimum Gasteiger partial charge on any atom is -0.506 e. The van der Waals surface area contributed by atoms with Crippen LogP contribution in [-0.4, -0.2) is 9.48 Å². The second-order valence-corrected chi connectivity index (χ2v) is 2.82. The lowest BCUT2D eigenvalue weighted by Gasteiger charge is -1.89. The first-order chi connectivity index (χ1) is 4.88. The molecule has 0 aliphatic rings. The highest BCUT2D eigenvalue weighted by molar-refractivity contribution is 7.13. The molecule has 0 fully saturated rings. The van der Waals surface area contributed by atoms with Crippen LogP contribution in [0.3, 0.4) is 0 Å². The lowest BCUT2D eigenvalue weighted by molar-refractivity contribution is 0.482. The fourth-order valence-electron chi connectivity index (χ4n) is 0.879. The lowest BCUT2D eigenvalue weighted by Crippen LogP contribution is -1.62. The van der Waals surface area contributed by atoms with Gasteiger partial charge in [-0.1, -0.05) is 12.1 Å². The summed E-state index contributed by atoms with van der Waals surface area (Å²) in [4.78, 5) is 0. The van der Waals surface area contributed by atoms with Gasteiger partial charge in [0.1, 0.15) is 5.75 Å². The second kappa shape index (κ2) is 1.95. The summed E-state index contributed by atoms with van der Waals surface area (Å²) < 4.78 is 4.81. The standard InChI is InChI=1S/C7H5NOS/c9-6-3-1-2-5-4-8-10-7(5)6/h1-4,9H. The Labute approximate surface area is 61.9 Å². The topological polar surface area (TPSA) is 33.1 Å². The monoisotopic (exact) mass is 151 g/mol. The van der Waals surface area contributed by atoms with Crippen LogP contribution < -0.4 is 0 Å². The first-order valence-corrected chi connectivity index (χ1v) is 3.67. The average Bonchev–Trinajstić information content (AvgIpc) is 2.36. The average molecular weight is 151 g/mol. The maximum atomic E-state index is 9.23. The van der Waals surface area contributed by atoms with Crippen molar-refractivity contribution in [2.45, 2.75) is 0 Å². The fourth-order valence-corrected chi connectivity index (χ4v) is 1.54.